The van der Waals surface area contributed by atoms with Gasteiger partial charge in [-0.15, -0.1) is 0 Å². The second kappa shape index (κ2) is 11.1. The van der Waals surface area contributed by atoms with Gasteiger partial charge in [0.2, 0.25) is 15.9 Å². The van der Waals surface area contributed by atoms with Crippen LogP contribution >= 0.6 is 0 Å². The van der Waals surface area contributed by atoms with Crippen molar-refractivity contribution in [3.8, 4) is 5.88 Å². The molecule has 0 bridgehead atoms. The van der Waals surface area contributed by atoms with Crippen LogP contribution in [0, 0.1) is 17.7 Å². The van der Waals surface area contributed by atoms with Gasteiger partial charge in [0, 0.05) is 36.5 Å². The number of hydrogen-bond donors (Lipinski definition) is 5. The molecule has 7 N–H and O–H groups in total. The normalized spacial score (nSPS) is 14.7. The molecule has 1 fully saturated rings. The Morgan fingerprint density at radius 1 is 1.24 bits per heavy atom. The van der Waals surface area contributed by atoms with Crippen molar-refractivity contribution in [2.75, 3.05) is 30.4 Å². The number of piperidine rings is 1. The number of nitrogen functional groups attached to an aromatic ring is 1. The first-order valence-corrected chi connectivity index (χ1v) is 13.8. The van der Waals surface area contributed by atoms with Crippen molar-refractivity contribution in [1.29, 1.82) is 10.8 Å². The number of sulfonamides is 1. The van der Waals surface area contributed by atoms with Crippen molar-refractivity contribution < 1.29 is 13.2 Å². The predicted molar refractivity (Wildman–Crippen MR) is 149 cm³/mol. The Balaban J connectivity index is 1.63. The maximum absolute atomic E-state index is 11.9. The van der Waals surface area contributed by atoms with E-state index in [9.17, 15) is 8.42 Å². The molecule has 1 saturated heterocycles. The number of pyridine rings is 1. The van der Waals surface area contributed by atoms with Crippen LogP contribution in [0.5, 0.6) is 5.88 Å². The number of nitrogens with one attached hydrogen (secondary N) is 3. The number of allylic oxidation sites excluding steroid dienone is 1. The second-order valence-electron chi connectivity index (χ2n) is 9.06. The van der Waals surface area contributed by atoms with Crippen molar-refractivity contribution in [2.24, 2.45) is 5.73 Å². The highest BCUT2D eigenvalue weighted by Gasteiger charge is 2.27. The van der Waals surface area contributed by atoms with Gasteiger partial charge in [0.05, 0.1) is 29.8 Å². The fraction of sp³-hybridized carbons (Fsp3) is 0.320. The molecule has 4 rings (SSSR count). The molecule has 0 saturated carbocycles. The highest BCUT2D eigenvalue weighted by Crippen LogP contribution is 2.31. The van der Waals surface area contributed by atoms with Gasteiger partial charge in [-0.05, 0) is 36.8 Å². The first-order chi connectivity index (χ1) is 18.1. The maximum Gasteiger partial charge on any atom is 0.222 e. The standard InChI is InChI=1S/C25H31N9O3S/c1-15-4-3-5-16-10-18(13-30-24-21(23(29)31-14-32-24)22(28)17(11-26)12-27)33-25(20(15)16)37-19-6-8-34(9-7-19)38(2,35)36/h3-5,10-12,14,19,26-27H,6-9,13,28H2,1-2H3,(H3,29,30,31,32). The van der Waals surface area contributed by atoms with Crippen LogP contribution < -0.4 is 21.5 Å². The van der Waals surface area contributed by atoms with E-state index in [4.69, 9.17) is 32.0 Å². The SMILES string of the molecule is Cc1cccc2cc(CNc3ncnc(N)c3C(N)=C(C=N)C=N)nc(OC3CCN(S(C)(=O)=O)CC3)c12. The van der Waals surface area contributed by atoms with Crippen molar-refractivity contribution in [2.45, 2.75) is 32.4 Å². The van der Waals surface area contributed by atoms with Gasteiger partial charge in [0.25, 0.3) is 0 Å². The topological polar surface area (TPSA) is 197 Å². The van der Waals surface area contributed by atoms with Gasteiger partial charge in [-0.3, -0.25) is 0 Å². The summed E-state index contributed by atoms with van der Waals surface area (Å²) in [5.41, 5.74) is 14.5. The van der Waals surface area contributed by atoms with E-state index < -0.39 is 10.0 Å². The fourth-order valence-corrected chi connectivity index (χ4v) is 5.30. The van der Waals surface area contributed by atoms with Crippen molar-refractivity contribution >= 4 is 50.6 Å². The van der Waals surface area contributed by atoms with Gasteiger partial charge in [-0.25, -0.2) is 27.7 Å². The van der Waals surface area contributed by atoms with Crippen LogP contribution in [0.4, 0.5) is 11.6 Å². The lowest BCUT2D eigenvalue weighted by Crippen LogP contribution is -2.41. The van der Waals surface area contributed by atoms with E-state index in [1.165, 1.54) is 16.9 Å². The molecule has 0 radical (unpaired) electrons. The van der Waals surface area contributed by atoms with Crippen LogP contribution in [0.15, 0.2) is 36.2 Å². The van der Waals surface area contributed by atoms with Crippen LogP contribution in [-0.2, 0) is 16.6 Å². The number of nitrogens with two attached hydrogens (primary N) is 2. The zero-order valence-corrected chi connectivity index (χ0v) is 22.0. The molecule has 38 heavy (non-hydrogen) atoms. The molecule has 0 atom stereocenters. The van der Waals surface area contributed by atoms with E-state index in [-0.39, 0.29) is 29.7 Å². The molecule has 2 aromatic heterocycles. The number of aryl methyl sites for hydroxylation is 1. The minimum atomic E-state index is -3.23. The summed E-state index contributed by atoms with van der Waals surface area (Å²) in [5, 5.41) is 20.1. The molecule has 3 aromatic rings. The summed E-state index contributed by atoms with van der Waals surface area (Å²) in [7, 11) is -3.23. The van der Waals surface area contributed by atoms with Gasteiger partial charge in [-0.2, -0.15) is 0 Å². The Kier molecular flexibility index (Phi) is 7.88. The summed E-state index contributed by atoms with van der Waals surface area (Å²) in [6.07, 6.45) is 5.44. The molecule has 13 heteroatoms. The molecular formula is C25H31N9O3S. The number of hydrogen-bond acceptors (Lipinski definition) is 11. The van der Waals surface area contributed by atoms with E-state index in [0.29, 0.717) is 48.9 Å². The third-order valence-electron chi connectivity index (χ3n) is 6.44. The minimum Gasteiger partial charge on any atom is -0.474 e. The fourth-order valence-electron chi connectivity index (χ4n) is 4.43. The lowest BCUT2D eigenvalue weighted by Gasteiger charge is -2.30. The average molecular weight is 538 g/mol. The monoisotopic (exact) mass is 537 g/mol. The molecule has 200 valence electrons. The smallest absolute Gasteiger partial charge is 0.222 e. The van der Waals surface area contributed by atoms with Crippen molar-refractivity contribution in [3.05, 3.63) is 53.0 Å². The molecule has 1 aliphatic heterocycles. The Bertz CT molecular complexity index is 1500. The Morgan fingerprint density at radius 3 is 2.61 bits per heavy atom. The van der Waals surface area contributed by atoms with Crippen LogP contribution in [0.1, 0.15) is 29.7 Å². The largest absolute Gasteiger partial charge is 0.474 e. The summed E-state index contributed by atoms with van der Waals surface area (Å²) in [5.74, 6) is 0.956. The zero-order valence-electron chi connectivity index (χ0n) is 21.2. The van der Waals surface area contributed by atoms with Crippen LogP contribution in [0.3, 0.4) is 0 Å². The van der Waals surface area contributed by atoms with Gasteiger partial charge in [0.15, 0.2) is 0 Å². The van der Waals surface area contributed by atoms with Crippen LogP contribution in [-0.4, -0.2) is 65.6 Å². The maximum atomic E-state index is 11.9. The summed E-state index contributed by atoms with van der Waals surface area (Å²) < 4.78 is 31.6. The zero-order chi connectivity index (χ0) is 27.4. The van der Waals surface area contributed by atoms with Crippen molar-refractivity contribution in [1.82, 2.24) is 19.3 Å². The number of nitrogens with zero attached hydrogens (tertiary/aromatic N) is 4. The number of ether oxygens (including phenoxy) is 1. The number of anilines is 2. The summed E-state index contributed by atoms with van der Waals surface area (Å²) in [6.45, 7) is 3.06. The molecule has 1 aliphatic rings. The number of fused-ring (bicyclic) bond motifs is 1. The van der Waals surface area contributed by atoms with Crippen molar-refractivity contribution in [3.63, 3.8) is 0 Å². The molecule has 12 nitrogen and oxygen atoms in total. The highest BCUT2D eigenvalue weighted by molar-refractivity contribution is 7.88. The predicted octanol–water partition coefficient (Wildman–Crippen LogP) is 2.30. The lowest BCUT2D eigenvalue weighted by molar-refractivity contribution is 0.132. The Hall–Kier alpha value is -4.10. The third kappa shape index (κ3) is 5.73. The third-order valence-corrected chi connectivity index (χ3v) is 7.74. The van der Waals surface area contributed by atoms with E-state index in [1.807, 2.05) is 31.2 Å². The summed E-state index contributed by atoms with van der Waals surface area (Å²) in [6, 6.07) is 7.91. The highest BCUT2D eigenvalue weighted by atomic mass is 32.2. The molecule has 0 amide bonds. The first kappa shape index (κ1) is 26.9. The molecule has 0 spiro atoms. The minimum absolute atomic E-state index is 0.113. The summed E-state index contributed by atoms with van der Waals surface area (Å²) >= 11 is 0. The Labute approximate surface area is 221 Å². The molecule has 0 aliphatic carbocycles. The van der Waals surface area contributed by atoms with Gasteiger partial charge < -0.3 is 32.3 Å². The van der Waals surface area contributed by atoms with E-state index in [2.05, 4.69) is 15.3 Å². The molecule has 3 heterocycles. The van der Waals surface area contributed by atoms with Crippen LogP contribution in [0.25, 0.3) is 16.5 Å². The van der Waals surface area contributed by atoms with Gasteiger partial charge in [0.1, 0.15) is 24.1 Å². The van der Waals surface area contributed by atoms with Gasteiger partial charge >= 0.3 is 0 Å². The Morgan fingerprint density at radius 2 is 1.95 bits per heavy atom. The number of benzene rings is 1. The van der Waals surface area contributed by atoms with E-state index >= 15 is 0 Å². The lowest BCUT2D eigenvalue weighted by atomic mass is 10.1. The van der Waals surface area contributed by atoms with Gasteiger partial charge in [-0.1, -0.05) is 18.2 Å². The van der Waals surface area contributed by atoms with E-state index in [1.54, 1.807) is 0 Å². The number of aromatic nitrogens is 3. The average Bonchev–Trinajstić information content (AvgIpc) is 2.88. The summed E-state index contributed by atoms with van der Waals surface area (Å²) in [4.78, 5) is 13.1. The number of rotatable bonds is 9. The second-order valence-corrected chi connectivity index (χ2v) is 11.0. The van der Waals surface area contributed by atoms with E-state index in [0.717, 1.165) is 28.8 Å². The molecule has 0 unspecified atom stereocenters. The molecule has 1 aromatic carbocycles. The first-order valence-electron chi connectivity index (χ1n) is 12.0. The van der Waals surface area contributed by atoms with Crippen LogP contribution in [0.2, 0.25) is 0 Å². The quantitative estimate of drug-likeness (QED) is 0.254. The molecular weight excluding hydrogens is 506 g/mol.